The SMILES string of the molecule is C=C(C1=CC=C(C(=C)C2=CC=C(C(C)(C)C)C=CC2C)C(C)C=C1)C1=CC=C(OC2=CC=C(C3=CC=C(OC(C)(C)C)C=CC3C)C=CC2C)C=CC1C. The van der Waals surface area contributed by atoms with Crippen molar-refractivity contribution in [3.63, 3.8) is 0 Å². The van der Waals surface area contributed by atoms with Crippen molar-refractivity contribution in [3.05, 3.63) is 202 Å². The third-order valence-corrected chi connectivity index (χ3v) is 10.6. The molecule has 0 saturated heterocycles. The van der Waals surface area contributed by atoms with Crippen LogP contribution in [0.3, 0.4) is 0 Å². The summed E-state index contributed by atoms with van der Waals surface area (Å²) < 4.78 is 12.7. The molecular weight excluding hydrogens is 657 g/mol. The Morgan fingerprint density at radius 2 is 1.04 bits per heavy atom. The normalized spacial score (nSPS) is 26.0. The average molecular weight is 719 g/mol. The molecule has 0 aliphatic heterocycles. The highest BCUT2D eigenvalue weighted by Crippen LogP contribution is 2.38. The van der Waals surface area contributed by atoms with E-state index in [1.807, 2.05) is 0 Å². The van der Waals surface area contributed by atoms with E-state index in [0.717, 1.165) is 34.0 Å². The lowest BCUT2D eigenvalue weighted by Gasteiger charge is -2.21. The maximum Gasteiger partial charge on any atom is 0.126 e. The molecule has 0 N–H and O–H groups in total. The quantitative estimate of drug-likeness (QED) is 0.249. The van der Waals surface area contributed by atoms with Crippen molar-refractivity contribution in [2.75, 3.05) is 0 Å². The zero-order valence-corrected chi connectivity index (χ0v) is 34.7. The second-order valence-electron chi connectivity index (χ2n) is 17.3. The summed E-state index contributed by atoms with van der Waals surface area (Å²) in [5.74, 6) is 3.63. The Hall–Kier alpha value is -4.82. The molecule has 0 amide bonds. The molecule has 0 saturated carbocycles. The fourth-order valence-electron chi connectivity index (χ4n) is 7.11. The molecule has 0 aromatic carbocycles. The summed E-state index contributed by atoms with van der Waals surface area (Å²) in [5, 5.41) is 0. The van der Waals surface area contributed by atoms with Crippen molar-refractivity contribution in [2.45, 2.75) is 81.8 Å². The molecule has 0 radical (unpaired) electrons. The smallest absolute Gasteiger partial charge is 0.126 e. The first kappa shape index (κ1) is 40.4. The van der Waals surface area contributed by atoms with E-state index in [9.17, 15) is 0 Å². The van der Waals surface area contributed by atoms with Crippen LogP contribution in [0, 0.1) is 35.0 Å². The third-order valence-electron chi connectivity index (χ3n) is 10.6. The van der Waals surface area contributed by atoms with Crippen molar-refractivity contribution in [3.8, 4) is 0 Å². The Morgan fingerprint density at radius 1 is 0.500 bits per heavy atom. The van der Waals surface area contributed by atoms with Crippen LogP contribution in [0.1, 0.15) is 76.2 Å². The molecule has 0 fully saturated rings. The monoisotopic (exact) mass is 718 g/mol. The molecule has 0 aromatic rings. The van der Waals surface area contributed by atoms with Gasteiger partial charge in [-0.1, -0.05) is 160 Å². The molecule has 5 aliphatic rings. The van der Waals surface area contributed by atoms with Crippen molar-refractivity contribution in [2.24, 2.45) is 35.0 Å². The van der Waals surface area contributed by atoms with Crippen LogP contribution in [0.25, 0.3) is 0 Å². The first-order chi connectivity index (χ1) is 25.4. The number of hydrogen-bond donors (Lipinski definition) is 0. The maximum absolute atomic E-state index is 6.60. The van der Waals surface area contributed by atoms with Gasteiger partial charge in [0, 0.05) is 5.92 Å². The van der Waals surface area contributed by atoms with Crippen LogP contribution < -0.4 is 0 Å². The Labute approximate surface area is 327 Å². The van der Waals surface area contributed by atoms with Crippen molar-refractivity contribution >= 4 is 0 Å². The van der Waals surface area contributed by atoms with E-state index >= 15 is 0 Å². The van der Waals surface area contributed by atoms with Crippen molar-refractivity contribution in [1.82, 2.24) is 0 Å². The predicted octanol–water partition coefficient (Wildman–Crippen LogP) is 14.1. The zero-order chi connectivity index (χ0) is 39.4. The van der Waals surface area contributed by atoms with E-state index in [1.165, 1.54) is 33.4 Å². The number of allylic oxidation sites excluding steroid dienone is 29. The second-order valence-corrected chi connectivity index (χ2v) is 17.3. The van der Waals surface area contributed by atoms with E-state index in [0.29, 0.717) is 0 Å². The van der Waals surface area contributed by atoms with Gasteiger partial charge in [-0.3, -0.25) is 0 Å². The molecule has 5 unspecified atom stereocenters. The predicted molar refractivity (Wildman–Crippen MR) is 232 cm³/mol. The molecule has 5 rings (SSSR count). The summed E-state index contributed by atoms with van der Waals surface area (Å²) in [4.78, 5) is 0. The maximum atomic E-state index is 6.60. The number of rotatable bonds is 8. The summed E-state index contributed by atoms with van der Waals surface area (Å²) >= 11 is 0. The minimum absolute atomic E-state index is 0.0962. The van der Waals surface area contributed by atoms with E-state index in [4.69, 9.17) is 9.47 Å². The van der Waals surface area contributed by atoms with Crippen LogP contribution in [0.5, 0.6) is 0 Å². The first-order valence-electron chi connectivity index (χ1n) is 19.7. The highest BCUT2D eigenvalue weighted by Gasteiger charge is 2.23. The lowest BCUT2D eigenvalue weighted by Crippen LogP contribution is -2.17. The van der Waals surface area contributed by atoms with Crippen LogP contribution in [0.2, 0.25) is 0 Å². The van der Waals surface area contributed by atoms with E-state index < -0.39 is 0 Å². The minimum atomic E-state index is -0.246. The molecule has 2 nitrogen and oxygen atoms in total. The Balaban J connectivity index is 1.35. The summed E-state index contributed by atoms with van der Waals surface area (Å²) in [6.45, 7) is 33.4. The number of hydrogen-bond acceptors (Lipinski definition) is 2. The molecule has 0 aromatic heterocycles. The first-order valence-corrected chi connectivity index (χ1v) is 19.7. The van der Waals surface area contributed by atoms with Gasteiger partial charge in [0.15, 0.2) is 0 Å². The van der Waals surface area contributed by atoms with Crippen LogP contribution in [0.15, 0.2) is 202 Å². The molecule has 2 heteroatoms. The molecule has 0 spiro atoms. The fourth-order valence-corrected chi connectivity index (χ4v) is 7.11. The average Bonchev–Trinajstić information content (AvgIpc) is 3.63. The molecule has 282 valence electrons. The summed E-state index contributed by atoms with van der Waals surface area (Å²) in [6.07, 6.45) is 43.9. The van der Waals surface area contributed by atoms with Gasteiger partial charge in [0.05, 0.1) is 0 Å². The summed E-state index contributed by atoms with van der Waals surface area (Å²) in [6, 6.07) is 0. The molecule has 54 heavy (non-hydrogen) atoms. The molecule has 0 bridgehead atoms. The van der Waals surface area contributed by atoms with Crippen LogP contribution in [-0.4, -0.2) is 5.60 Å². The Morgan fingerprint density at radius 3 is 1.70 bits per heavy atom. The van der Waals surface area contributed by atoms with Gasteiger partial charge >= 0.3 is 0 Å². The van der Waals surface area contributed by atoms with Crippen LogP contribution in [0.4, 0.5) is 0 Å². The molecular formula is C52H62O2. The van der Waals surface area contributed by atoms with Crippen LogP contribution in [-0.2, 0) is 9.47 Å². The van der Waals surface area contributed by atoms with Gasteiger partial charge in [0.1, 0.15) is 22.9 Å². The highest BCUT2D eigenvalue weighted by atomic mass is 16.5. The van der Waals surface area contributed by atoms with Crippen LogP contribution >= 0.6 is 0 Å². The molecule has 0 heterocycles. The third kappa shape index (κ3) is 10.0. The standard InChI is InChI=1S/C52H62O2/c1-34-14-19-41(21-29-47(34)40(7)48-30-24-43(51(8,9)10)23-16-35(48)2)39(6)46-31-27-44(25-17-36(46)3)53-50-33-22-42(20-15-38(50)5)49-32-28-45(26-18-37(49)4)54-52(11,12)13/h14-38H,6-7H2,1-5,8-13H3. The highest BCUT2D eigenvalue weighted by molar-refractivity contribution is 5.60. The van der Waals surface area contributed by atoms with Gasteiger partial charge in [0.2, 0.25) is 0 Å². The van der Waals surface area contributed by atoms with Gasteiger partial charge in [-0.25, -0.2) is 0 Å². The molecule has 5 atom stereocenters. The van der Waals surface area contributed by atoms with Crippen molar-refractivity contribution < 1.29 is 9.47 Å². The second kappa shape index (κ2) is 16.7. The van der Waals surface area contributed by atoms with Gasteiger partial charge in [-0.05, 0) is 130 Å². The van der Waals surface area contributed by atoms with Gasteiger partial charge in [0.25, 0.3) is 0 Å². The minimum Gasteiger partial charge on any atom is -0.488 e. The fraction of sp³-hybridized carbons (Fsp3) is 0.346. The van der Waals surface area contributed by atoms with E-state index in [2.05, 4.69) is 211 Å². The molecule has 5 aliphatic carbocycles. The van der Waals surface area contributed by atoms with Gasteiger partial charge < -0.3 is 9.47 Å². The Bertz CT molecular complexity index is 2000. The van der Waals surface area contributed by atoms with E-state index in [-0.39, 0.29) is 40.6 Å². The lowest BCUT2D eigenvalue weighted by atomic mass is 9.85. The largest absolute Gasteiger partial charge is 0.488 e. The zero-order valence-electron chi connectivity index (χ0n) is 34.7. The van der Waals surface area contributed by atoms with Crippen molar-refractivity contribution in [1.29, 1.82) is 0 Å². The lowest BCUT2D eigenvalue weighted by molar-refractivity contribution is 0.0600. The van der Waals surface area contributed by atoms with Gasteiger partial charge in [-0.2, -0.15) is 0 Å². The van der Waals surface area contributed by atoms with E-state index in [1.54, 1.807) is 0 Å². The number of ether oxygens (including phenoxy) is 2. The Kier molecular flexibility index (Phi) is 12.5. The van der Waals surface area contributed by atoms with Gasteiger partial charge in [-0.15, -0.1) is 0 Å². The topological polar surface area (TPSA) is 18.5 Å². The summed E-state index contributed by atoms with van der Waals surface area (Å²) in [5.41, 5.74) is 10.5. The summed E-state index contributed by atoms with van der Waals surface area (Å²) in [7, 11) is 0.